The van der Waals surface area contributed by atoms with Crippen molar-refractivity contribution in [1.82, 2.24) is 5.32 Å². The number of rotatable bonds is 2. The number of fused-ring (bicyclic) bond motifs is 1. The molecular formula is C11H12BrNO. The minimum atomic E-state index is 0.151. The Balaban J connectivity index is 2.33. The zero-order chi connectivity index (χ0) is 9.97. The number of alkyl halides is 1. The molecule has 0 radical (unpaired) electrons. The van der Waals surface area contributed by atoms with Crippen LogP contribution in [0.1, 0.15) is 21.5 Å². The fraction of sp³-hybridized carbons (Fsp3) is 0.364. The number of nitrogens with one attached hydrogen (secondary N) is 1. The predicted octanol–water partition coefficient (Wildman–Crippen LogP) is 1.91. The lowest BCUT2D eigenvalue weighted by atomic mass is 9.97. The summed E-state index contributed by atoms with van der Waals surface area (Å²) in [7, 11) is 0. The summed E-state index contributed by atoms with van der Waals surface area (Å²) in [5, 5.41) is 3.70. The summed E-state index contributed by atoms with van der Waals surface area (Å²) in [4.78, 5) is 11.4. The fourth-order valence-electron chi connectivity index (χ4n) is 1.73. The molecule has 0 unspecified atom stereocenters. The minimum Gasteiger partial charge on any atom is -0.312 e. The van der Waals surface area contributed by atoms with Crippen molar-refractivity contribution in [2.75, 3.05) is 11.9 Å². The third-order valence-electron chi connectivity index (χ3n) is 2.54. The molecule has 1 aliphatic heterocycles. The zero-order valence-corrected chi connectivity index (χ0v) is 9.43. The lowest BCUT2D eigenvalue weighted by Gasteiger charge is -2.17. The van der Waals surface area contributed by atoms with Crippen LogP contribution in [0.5, 0.6) is 0 Å². The Labute approximate surface area is 91.8 Å². The topological polar surface area (TPSA) is 29.1 Å². The first-order valence-corrected chi connectivity index (χ1v) is 5.85. The van der Waals surface area contributed by atoms with E-state index in [0.717, 1.165) is 25.1 Å². The Bertz CT molecular complexity index is 362. The molecule has 0 saturated carbocycles. The van der Waals surface area contributed by atoms with E-state index >= 15 is 0 Å². The molecule has 0 spiro atoms. The van der Waals surface area contributed by atoms with Crippen LogP contribution in [-0.4, -0.2) is 17.7 Å². The molecule has 0 saturated heterocycles. The Morgan fingerprint density at radius 2 is 2.29 bits per heavy atom. The van der Waals surface area contributed by atoms with Crippen LogP contribution >= 0.6 is 15.9 Å². The monoisotopic (exact) mass is 253 g/mol. The molecule has 0 aliphatic carbocycles. The van der Waals surface area contributed by atoms with Gasteiger partial charge in [0.25, 0.3) is 0 Å². The Morgan fingerprint density at radius 1 is 1.43 bits per heavy atom. The SMILES string of the molecule is O=C(CBr)c1ccc2c(c1)CNCC2. The number of carbonyl (C=O) groups is 1. The normalized spacial score (nSPS) is 14.9. The van der Waals surface area contributed by atoms with Crippen LogP contribution in [0.15, 0.2) is 18.2 Å². The molecule has 1 aromatic carbocycles. The van der Waals surface area contributed by atoms with Crippen LogP contribution in [0.25, 0.3) is 0 Å². The second-order valence-corrected chi connectivity index (χ2v) is 4.03. The molecule has 1 N–H and O–H groups in total. The van der Waals surface area contributed by atoms with Gasteiger partial charge in [0.15, 0.2) is 5.78 Å². The summed E-state index contributed by atoms with van der Waals surface area (Å²) < 4.78 is 0. The Kier molecular flexibility index (Phi) is 2.99. The van der Waals surface area contributed by atoms with E-state index in [0.29, 0.717) is 5.33 Å². The van der Waals surface area contributed by atoms with Gasteiger partial charge in [-0.2, -0.15) is 0 Å². The van der Waals surface area contributed by atoms with Gasteiger partial charge in [-0.05, 0) is 30.2 Å². The Hall–Kier alpha value is -0.670. The van der Waals surface area contributed by atoms with E-state index < -0.39 is 0 Å². The second kappa shape index (κ2) is 4.24. The highest BCUT2D eigenvalue weighted by Gasteiger charge is 2.11. The highest BCUT2D eigenvalue weighted by molar-refractivity contribution is 9.09. The van der Waals surface area contributed by atoms with Crippen LogP contribution in [0.3, 0.4) is 0 Å². The summed E-state index contributed by atoms with van der Waals surface area (Å²) in [6.07, 6.45) is 1.07. The van der Waals surface area contributed by atoms with E-state index in [-0.39, 0.29) is 5.78 Å². The minimum absolute atomic E-state index is 0.151. The fourth-order valence-corrected chi connectivity index (χ4v) is 2.05. The van der Waals surface area contributed by atoms with Crippen LogP contribution in [0, 0.1) is 0 Å². The van der Waals surface area contributed by atoms with Gasteiger partial charge in [-0.1, -0.05) is 28.1 Å². The lowest BCUT2D eigenvalue weighted by Crippen LogP contribution is -2.23. The van der Waals surface area contributed by atoms with Crippen LogP contribution < -0.4 is 5.32 Å². The number of benzene rings is 1. The summed E-state index contributed by atoms with van der Waals surface area (Å²) >= 11 is 3.18. The molecule has 1 aromatic rings. The predicted molar refractivity (Wildman–Crippen MR) is 60.0 cm³/mol. The molecule has 1 heterocycles. The zero-order valence-electron chi connectivity index (χ0n) is 7.85. The summed E-state index contributed by atoms with van der Waals surface area (Å²) in [5.41, 5.74) is 3.45. The molecule has 0 amide bonds. The Morgan fingerprint density at radius 3 is 3.07 bits per heavy atom. The van der Waals surface area contributed by atoms with E-state index in [1.165, 1.54) is 11.1 Å². The van der Waals surface area contributed by atoms with Crippen molar-refractivity contribution in [2.45, 2.75) is 13.0 Å². The van der Waals surface area contributed by atoms with Crippen molar-refractivity contribution >= 4 is 21.7 Å². The van der Waals surface area contributed by atoms with Crippen LogP contribution in [0.4, 0.5) is 0 Å². The van der Waals surface area contributed by atoms with Gasteiger partial charge >= 0.3 is 0 Å². The maximum absolute atomic E-state index is 11.4. The lowest BCUT2D eigenvalue weighted by molar-refractivity contribution is 0.102. The average Bonchev–Trinajstić information content (AvgIpc) is 2.27. The average molecular weight is 254 g/mol. The van der Waals surface area contributed by atoms with Gasteiger partial charge in [0.05, 0.1) is 5.33 Å². The molecule has 2 nitrogen and oxygen atoms in total. The van der Waals surface area contributed by atoms with Crippen molar-refractivity contribution in [1.29, 1.82) is 0 Å². The quantitative estimate of drug-likeness (QED) is 0.645. The van der Waals surface area contributed by atoms with Gasteiger partial charge in [0.1, 0.15) is 0 Å². The van der Waals surface area contributed by atoms with Gasteiger partial charge in [0.2, 0.25) is 0 Å². The molecule has 2 rings (SSSR count). The van der Waals surface area contributed by atoms with Gasteiger partial charge in [-0.15, -0.1) is 0 Å². The van der Waals surface area contributed by atoms with Crippen molar-refractivity contribution in [3.05, 3.63) is 34.9 Å². The molecule has 74 valence electrons. The van der Waals surface area contributed by atoms with Crippen molar-refractivity contribution in [3.8, 4) is 0 Å². The van der Waals surface area contributed by atoms with E-state index in [1.807, 2.05) is 12.1 Å². The molecule has 0 aromatic heterocycles. The highest BCUT2D eigenvalue weighted by Crippen LogP contribution is 2.16. The van der Waals surface area contributed by atoms with Crippen LogP contribution in [-0.2, 0) is 13.0 Å². The standard InChI is InChI=1S/C11H12BrNO/c12-6-11(14)9-2-1-8-3-4-13-7-10(8)5-9/h1-2,5,13H,3-4,6-7H2. The number of ketones is 1. The molecule has 0 atom stereocenters. The number of carbonyl (C=O) groups excluding carboxylic acids is 1. The van der Waals surface area contributed by atoms with Gasteiger partial charge in [-0.3, -0.25) is 4.79 Å². The first kappa shape index (κ1) is 9.87. The third kappa shape index (κ3) is 1.88. The molecule has 3 heteroatoms. The summed E-state index contributed by atoms with van der Waals surface area (Å²) in [5.74, 6) is 0.151. The molecule has 0 fully saturated rings. The number of Topliss-reactive ketones (excluding diaryl/α,β-unsaturated/α-hetero) is 1. The van der Waals surface area contributed by atoms with E-state index in [4.69, 9.17) is 0 Å². The number of hydrogen-bond donors (Lipinski definition) is 1. The molecule has 14 heavy (non-hydrogen) atoms. The van der Waals surface area contributed by atoms with E-state index in [9.17, 15) is 4.79 Å². The number of hydrogen-bond acceptors (Lipinski definition) is 2. The maximum atomic E-state index is 11.4. The highest BCUT2D eigenvalue weighted by atomic mass is 79.9. The van der Waals surface area contributed by atoms with Crippen molar-refractivity contribution in [3.63, 3.8) is 0 Å². The molecule has 0 bridgehead atoms. The summed E-state index contributed by atoms with van der Waals surface area (Å²) in [6.45, 7) is 1.93. The largest absolute Gasteiger partial charge is 0.312 e. The van der Waals surface area contributed by atoms with Gasteiger partial charge in [0, 0.05) is 12.1 Å². The number of halogens is 1. The van der Waals surface area contributed by atoms with Crippen molar-refractivity contribution in [2.24, 2.45) is 0 Å². The second-order valence-electron chi connectivity index (χ2n) is 3.47. The third-order valence-corrected chi connectivity index (χ3v) is 3.05. The van der Waals surface area contributed by atoms with E-state index in [1.54, 1.807) is 0 Å². The van der Waals surface area contributed by atoms with Crippen molar-refractivity contribution < 1.29 is 4.79 Å². The smallest absolute Gasteiger partial charge is 0.173 e. The van der Waals surface area contributed by atoms with Gasteiger partial charge < -0.3 is 5.32 Å². The first-order chi connectivity index (χ1) is 6.81. The molecular weight excluding hydrogens is 242 g/mol. The summed E-state index contributed by atoms with van der Waals surface area (Å²) in [6, 6.07) is 6.00. The maximum Gasteiger partial charge on any atom is 0.173 e. The van der Waals surface area contributed by atoms with E-state index in [2.05, 4.69) is 27.3 Å². The van der Waals surface area contributed by atoms with Gasteiger partial charge in [-0.25, -0.2) is 0 Å². The van der Waals surface area contributed by atoms with Crippen LogP contribution in [0.2, 0.25) is 0 Å². The molecule has 1 aliphatic rings. The first-order valence-electron chi connectivity index (χ1n) is 4.73.